The van der Waals surface area contributed by atoms with E-state index in [0.717, 1.165) is 28.6 Å². The first-order valence-electron chi connectivity index (χ1n) is 8.82. The normalized spacial score (nSPS) is 14.8. The molecule has 8 heteroatoms. The molecule has 29 heavy (non-hydrogen) atoms. The molecule has 1 fully saturated rings. The molecule has 0 atom stereocenters. The van der Waals surface area contributed by atoms with E-state index in [0.29, 0.717) is 33.6 Å². The first kappa shape index (κ1) is 21.1. The monoisotopic (exact) mass is 433 g/mol. The van der Waals surface area contributed by atoms with Crippen LogP contribution in [0.15, 0.2) is 35.2 Å². The Morgan fingerprint density at radius 1 is 1.07 bits per heavy atom. The average Bonchev–Trinajstić information content (AvgIpc) is 2.99. The lowest BCUT2D eigenvalue weighted by Gasteiger charge is -2.14. The molecule has 0 spiro atoms. The molecule has 0 radical (unpaired) electrons. The van der Waals surface area contributed by atoms with Gasteiger partial charge in [0.2, 0.25) is 0 Å². The Kier molecular flexibility index (Phi) is 6.71. The number of thioether (sulfide) groups is 1. The Bertz CT molecular complexity index is 989. The minimum atomic E-state index is -0.431. The number of benzene rings is 2. The second-order valence-corrected chi connectivity index (χ2v) is 7.77. The summed E-state index contributed by atoms with van der Waals surface area (Å²) in [6.07, 6.45) is 1.58. The van der Waals surface area contributed by atoms with Crippen molar-refractivity contribution in [1.82, 2.24) is 5.32 Å². The third kappa shape index (κ3) is 5.25. The zero-order valence-corrected chi connectivity index (χ0v) is 17.8. The number of ether oxygens (including phenoxy) is 3. The molecule has 1 aliphatic heterocycles. The van der Waals surface area contributed by atoms with Gasteiger partial charge in [-0.25, -0.2) is 0 Å². The molecule has 3 rings (SSSR count). The maximum atomic E-state index is 11.7. The van der Waals surface area contributed by atoms with Crippen LogP contribution >= 0.6 is 23.4 Å². The highest BCUT2D eigenvalue weighted by molar-refractivity contribution is 8.18. The van der Waals surface area contributed by atoms with Crippen molar-refractivity contribution in [3.63, 3.8) is 0 Å². The lowest BCUT2D eigenvalue weighted by molar-refractivity contribution is -0.115. The van der Waals surface area contributed by atoms with Crippen LogP contribution in [0.3, 0.4) is 0 Å². The fraction of sp³-hybridized carbons (Fsp3) is 0.238. The second kappa shape index (κ2) is 9.24. The number of rotatable bonds is 7. The molecule has 1 saturated heterocycles. The molecule has 2 aromatic carbocycles. The molecule has 0 saturated carbocycles. The zero-order valence-electron chi connectivity index (χ0n) is 16.2. The second-order valence-electron chi connectivity index (χ2n) is 6.35. The number of nitrogens with one attached hydrogen (secondary N) is 1. The van der Waals surface area contributed by atoms with Gasteiger partial charge in [0.25, 0.3) is 11.1 Å². The highest BCUT2D eigenvalue weighted by Crippen LogP contribution is 2.38. The zero-order chi connectivity index (χ0) is 21.0. The van der Waals surface area contributed by atoms with E-state index < -0.39 is 11.1 Å². The number of methoxy groups -OCH3 is 1. The lowest BCUT2D eigenvalue weighted by Crippen LogP contribution is -2.17. The van der Waals surface area contributed by atoms with E-state index in [4.69, 9.17) is 25.8 Å². The molecular weight excluding hydrogens is 414 g/mol. The van der Waals surface area contributed by atoms with Crippen LogP contribution in [0.5, 0.6) is 17.2 Å². The molecule has 6 nitrogen and oxygen atoms in total. The van der Waals surface area contributed by atoms with E-state index in [1.54, 1.807) is 18.2 Å². The van der Waals surface area contributed by atoms with Gasteiger partial charge in [-0.1, -0.05) is 23.7 Å². The van der Waals surface area contributed by atoms with Gasteiger partial charge >= 0.3 is 0 Å². The Hall–Kier alpha value is -2.64. The Labute approximate surface area is 178 Å². The number of carbonyl (C=O) groups is 2. The van der Waals surface area contributed by atoms with E-state index in [1.165, 1.54) is 7.11 Å². The van der Waals surface area contributed by atoms with Gasteiger partial charge in [0.15, 0.2) is 11.5 Å². The van der Waals surface area contributed by atoms with Crippen molar-refractivity contribution in [1.29, 1.82) is 0 Å². The van der Waals surface area contributed by atoms with Gasteiger partial charge in [-0.15, -0.1) is 0 Å². The van der Waals surface area contributed by atoms with Crippen molar-refractivity contribution in [2.75, 3.05) is 20.3 Å². The standard InChI is InChI=1S/C21H20ClNO5S/c1-12-4-5-13(2)16(8-12)27-6-7-28-19-15(22)9-14(10-17(19)26-3)11-18-20(24)23-21(25)29-18/h4-5,8-11H,6-7H2,1-3H3,(H,23,24,25)/b18-11+. The number of hydrogen-bond acceptors (Lipinski definition) is 6. The summed E-state index contributed by atoms with van der Waals surface area (Å²) >= 11 is 7.20. The number of imide groups is 1. The maximum Gasteiger partial charge on any atom is 0.290 e. The highest BCUT2D eigenvalue weighted by atomic mass is 35.5. The number of carbonyl (C=O) groups excluding carboxylic acids is 2. The molecule has 1 N–H and O–H groups in total. The summed E-state index contributed by atoms with van der Waals surface area (Å²) in [5, 5.41) is 2.14. The number of hydrogen-bond donors (Lipinski definition) is 1. The predicted molar refractivity (Wildman–Crippen MR) is 114 cm³/mol. The molecule has 0 aliphatic carbocycles. The first-order valence-corrected chi connectivity index (χ1v) is 10.0. The fourth-order valence-corrected chi connectivity index (χ4v) is 3.65. The molecule has 0 unspecified atom stereocenters. The summed E-state index contributed by atoms with van der Waals surface area (Å²) in [5.74, 6) is 1.20. The smallest absolute Gasteiger partial charge is 0.290 e. The molecule has 0 aromatic heterocycles. The Balaban J connectivity index is 1.68. The summed E-state index contributed by atoms with van der Waals surface area (Å²) in [6.45, 7) is 4.61. The Morgan fingerprint density at radius 2 is 1.83 bits per heavy atom. The van der Waals surface area contributed by atoms with Crippen LogP contribution < -0.4 is 19.5 Å². The Morgan fingerprint density at radius 3 is 2.52 bits per heavy atom. The van der Waals surface area contributed by atoms with Crippen LogP contribution in [0, 0.1) is 13.8 Å². The SMILES string of the molecule is COc1cc(/C=C2/SC(=O)NC2=O)cc(Cl)c1OCCOc1cc(C)ccc1C. The molecular formula is C21H20ClNO5S. The number of halogens is 1. The predicted octanol–water partition coefficient (Wildman–Crippen LogP) is 4.75. The quantitative estimate of drug-likeness (QED) is 0.502. The summed E-state index contributed by atoms with van der Waals surface area (Å²) in [4.78, 5) is 23.3. The minimum Gasteiger partial charge on any atom is -0.493 e. The lowest BCUT2D eigenvalue weighted by atomic mass is 10.1. The van der Waals surface area contributed by atoms with Crippen LogP contribution in [-0.2, 0) is 4.79 Å². The minimum absolute atomic E-state index is 0.274. The molecule has 2 aromatic rings. The van der Waals surface area contributed by atoms with E-state index >= 15 is 0 Å². The maximum absolute atomic E-state index is 11.7. The van der Waals surface area contributed by atoms with Gasteiger partial charge in [0.05, 0.1) is 17.0 Å². The van der Waals surface area contributed by atoms with Gasteiger partial charge in [-0.05, 0) is 66.6 Å². The van der Waals surface area contributed by atoms with Gasteiger partial charge in [0.1, 0.15) is 19.0 Å². The largest absolute Gasteiger partial charge is 0.493 e. The van der Waals surface area contributed by atoms with Crippen molar-refractivity contribution in [3.8, 4) is 17.2 Å². The van der Waals surface area contributed by atoms with Crippen molar-refractivity contribution < 1.29 is 23.8 Å². The number of amides is 2. The van der Waals surface area contributed by atoms with E-state index in [9.17, 15) is 9.59 Å². The molecule has 2 amide bonds. The van der Waals surface area contributed by atoms with Crippen molar-refractivity contribution in [2.45, 2.75) is 13.8 Å². The van der Waals surface area contributed by atoms with E-state index in [2.05, 4.69) is 5.32 Å². The highest BCUT2D eigenvalue weighted by Gasteiger charge is 2.25. The van der Waals surface area contributed by atoms with Crippen LogP contribution in [0.4, 0.5) is 4.79 Å². The molecule has 152 valence electrons. The number of aryl methyl sites for hydroxylation is 2. The third-order valence-electron chi connectivity index (χ3n) is 4.12. The summed E-state index contributed by atoms with van der Waals surface area (Å²) < 4.78 is 16.9. The van der Waals surface area contributed by atoms with Gasteiger partial charge in [0, 0.05) is 0 Å². The molecule has 0 bridgehead atoms. The van der Waals surface area contributed by atoms with Crippen LogP contribution in [-0.4, -0.2) is 31.5 Å². The summed E-state index contributed by atoms with van der Waals surface area (Å²) in [5.41, 5.74) is 2.80. The summed E-state index contributed by atoms with van der Waals surface area (Å²) in [6, 6.07) is 9.36. The third-order valence-corrected chi connectivity index (χ3v) is 5.21. The van der Waals surface area contributed by atoms with Crippen molar-refractivity contribution in [3.05, 3.63) is 56.9 Å². The topological polar surface area (TPSA) is 73.9 Å². The fourth-order valence-electron chi connectivity index (χ4n) is 2.69. The molecule has 1 heterocycles. The first-order chi connectivity index (χ1) is 13.9. The van der Waals surface area contributed by atoms with E-state index in [1.807, 2.05) is 32.0 Å². The van der Waals surface area contributed by atoms with Crippen molar-refractivity contribution >= 4 is 40.6 Å². The molecule has 1 aliphatic rings. The average molecular weight is 434 g/mol. The van der Waals surface area contributed by atoms with Crippen LogP contribution in [0.1, 0.15) is 16.7 Å². The van der Waals surface area contributed by atoms with Crippen LogP contribution in [0.2, 0.25) is 5.02 Å². The van der Waals surface area contributed by atoms with Gasteiger partial charge in [-0.3, -0.25) is 14.9 Å². The van der Waals surface area contributed by atoms with Gasteiger partial charge < -0.3 is 14.2 Å². The summed E-state index contributed by atoms with van der Waals surface area (Å²) in [7, 11) is 1.50. The van der Waals surface area contributed by atoms with Crippen molar-refractivity contribution in [2.24, 2.45) is 0 Å². The van der Waals surface area contributed by atoms with Crippen LogP contribution in [0.25, 0.3) is 6.08 Å². The van der Waals surface area contributed by atoms with E-state index in [-0.39, 0.29) is 6.61 Å². The van der Waals surface area contributed by atoms with Gasteiger partial charge in [-0.2, -0.15) is 0 Å².